The second-order valence-electron chi connectivity index (χ2n) is 4.16. The standard InChI is InChI=1S/C14H18N2O3/c1-3-5-11(9-15)16-14(18)13(17)10-6-4-7-12(8-10)19-2/h4,6-8,11,13,17H,3,5H2,1-2H3,(H,16,18). The molecule has 2 N–H and O–H groups in total. The highest BCUT2D eigenvalue weighted by atomic mass is 16.5. The molecule has 5 nitrogen and oxygen atoms in total. The summed E-state index contributed by atoms with van der Waals surface area (Å²) in [5.74, 6) is -0.0111. The zero-order valence-corrected chi connectivity index (χ0v) is 11.1. The maximum absolute atomic E-state index is 11.8. The topological polar surface area (TPSA) is 82.4 Å². The summed E-state index contributed by atoms with van der Waals surface area (Å²) in [6.07, 6.45) is 0.0451. The number of hydrogen-bond acceptors (Lipinski definition) is 4. The summed E-state index contributed by atoms with van der Waals surface area (Å²) in [6.45, 7) is 1.93. The van der Waals surface area contributed by atoms with Crippen LogP contribution in [0.2, 0.25) is 0 Å². The highest BCUT2D eigenvalue weighted by Gasteiger charge is 2.20. The van der Waals surface area contributed by atoms with E-state index in [2.05, 4.69) is 5.32 Å². The van der Waals surface area contributed by atoms with Crippen LogP contribution in [0.15, 0.2) is 24.3 Å². The van der Waals surface area contributed by atoms with Gasteiger partial charge in [0.05, 0.1) is 13.2 Å². The smallest absolute Gasteiger partial charge is 0.254 e. The lowest BCUT2D eigenvalue weighted by molar-refractivity contribution is -0.130. The molecule has 5 heteroatoms. The molecule has 2 unspecified atom stereocenters. The molecular weight excluding hydrogens is 244 g/mol. The van der Waals surface area contributed by atoms with Crippen molar-refractivity contribution >= 4 is 5.91 Å². The lowest BCUT2D eigenvalue weighted by Crippen LogP contribution is -2.37. The minimum Gasteiger partial charge on any atom is -0.497 e. The molecule has 1 aromatic carbocycles. The summed E-state index contributed by atoms with van der Waals surface area (Å²) >= 11 is 0. The number of hydrogen-bond donors (Lipinski definition) is 2. The molecule has 0 aliphatic carbocycles. The van der Waals surface area contributed by atoms with E-state index in [-0.39, 0.29) is 0 Å². The molecule has 0 aliphatic heterocycles. The van der Waals surface area contributed by atoms with Crippen molar-refractivity contribution in [3.05, 3.63) is 29.8 Å². The monoisotopic (exact) mass is 262 g/mol. The van der Waals surface area contributed by atoms with Gasteiger partial charge in [0.2, 0.25) is 0 Å². The van der Waals surface area contributed by atoms with Gasteiger partial charge < -0.3 is 15.2 Å². The summed E-state index contributed by atoms with van der Waals surface area (Å²) in [5, 5.41) is 21.3. The summed E-state index contributed by atoms with van der Waals surface area (Å²) in [7, 11) is 1.51. The van der Waals surface area contributed by atoms with E-state index in [4.69, 9.17) is 10.00 Å². The Bertz CT molecular complexity index is 468. The van der Waals surface area contributed by atoms with Crippen molar-refractivity contribution < 1.29 is 14.6 Å². The minimum atomic E-state index is -1.30. The summed E-state index contributed by atoms with van der Waals surface area (Å²) < 4.78 is 5.03. The number of methoxy groups -OCH3 is 1. The van der Waals surface area contributed by atoms with Gasteiger partial charge in [-0.1, -0.05) is 25.5 Å². The number of nitrogens with zero attached hydrogens (tertiary/aromatic N) is 1. The maximum Gasteiger partial charge on any atom is 0.254 e. The molecule has 1 aromatic rings. The van der Waals surface area contributed by atoms with Gasteiger partial charge in [0.1, 0.15) is 11.8 Å². The van der Waals surface area contributed by atoms with Crippen LogP contribution < -0.4 is 10.1 Å². The van der Waals surface area contributed by atoms with E-state index in [1.54, 1.807) is 24.3 Å². The van der Waals surface area contributed by atoms with E-state index in [1.807, 2.05) is 13.0 Å². The van der Waals surface area contributed by atoms with Crippen LogP contribution in [0, 0.1) is 11.3 Å². The van der Waals surface area contributed by atoms with Gasteiger partial charge in [-0.3, -0.25) is 4.79 Å². The van der Waals surface area contributed by atoms with Crippen LogP contribution in [0.5, 0.6) is 5.75 Å². The normalized spacial score (nSPS) is 13.2. The Balaban J connectivity index is 2.73. The lowest BCUT2D eigenvalue weighted by Gasteiger charge is -2.15. The molecule has 0 radical (unpaired) electrons. The quantitative estimate of drug-likeness (QED) is 0.814. The van der Waals surface area contributed by atoms with Gasteiger partial charge >= 0.3 is 0 Å². The average Bonchev–Trinajstić information content (AvgIpc) is 2.45. The van der Waals surface area contributed by atoms with E-state index < -0.39 is 18.1 Å². The molecule has 0 saturated carbocycles. The first kappa shape index (κ1) is 15.0. The zero-order chi connectivity index (χ0) is 14.3. The highest BCUT2D eigenvalue weighted by Crippen LogP contribution is 2.19. The van der Waals surface area contributed by atoms with Gasteiger partial charge in [-0.15, -0.1) is 0 Å². The number of ether oxygens (including phenoxy) is 1. The van der Waals surface area contributed by atoms with Crippen LogP contribution in [0.25, 0.3) is 0 Å². The Morgan fingerprint density at radius 3 is 2.89 bits per heavy atom. The number of aliphatic hydroxyl groups excluding tert-OH is 1. The Morgan fingerprint density at radius 2 is 2.32 bits per heavy atom. The fraction of sp³-hybridized carbons (Fsp3) is 0.429. The molecule has 1 amide bonds. The predicted octanol–water partition coefficient (Wildman–Crippen LogP) is 1.54. The van der Waals surface area contributed by atoms with Crippen molar-refractivity contribution in [1.82, 2.24) is 5.32 Å². The minimum absolute atomic E-state index is 0.435. The molecular formula is C14H18N2O3. The van der Waals surface area contributed by atoms with E-state index >= 15 is 0 Å². The van der Waals surface area contributed by atoms with Gasteiger partial charge in [0.15, 0.2) is 6.10 Å². The Hall–Kier alpha value is -2.06. The van der Waals surface area contributed by atoms with Crippen LogP contribution in [0.1, 0.15) is 31.4 Å². The van der Waals surface area contributed by atoms with E-state index in [0.29, 0.717) is 17.7 Å². The first-order valence-corrected chi connectivity index (χ1v) is 6.14. The lowest BCUT2D eigenvalue weighted by atomic mass is 10.1. The molecule has 0 aliphatic rings. The molecule has 0 heterocycles. The number of carbonyl (C=O) groups is 1. The van der Waals surface area contributed by atoms with Crippen LogP contribution in [-0.4, -0.2) is 24.2 Å². The number of nitrogens with one attached hydrogen (secondary N) is 1. The molecule has 1 rings (SSSR count). The molecule has 0 spiro atoms. The molecule has 0 saturated heterocycles. The number of amides is 1. The third-order valence-electron chi connectivity index (χ3n) is 2.71. The number of nitriles is 1. The first-order valence-electron chi connectivity index (χ1n) is 6.14. The second kappa shape index (κ2) is 7.39. The van der Waals surface area contributed by atoms with E-state index in [0.717, 1.165) is 6.42 Å². The molecule has 0 fully saturated rings. The fourth-order valence-corrected chi connectivity index (χ4v) is 1.67. The second-order valence-corrected chi connectivity index (χ2v) is 4.16. The van der Waals surface area contributed by atoms with Gasteiger partial charge in [0.25, 0.3) is 5.91 Å². The van der Waals surface area contributed by atoms with Crippen LogP contribution in [0.4, 0.5) is 0 Å². The third-order valence-corrected chi connectivity index (χ3v) is 2.71. The van der Waals surface area contributed by atoms with Gasteiger partial charge in [-0.25, -0.2) is 0 Å². The predicted molar refractivity (Wildman–Crippen MR) is 70.4 cm³/mol. The maximum atomic E-state index is 11.8. The van der Waals surface area contributed by atoms with Crippen molar-refractivity contribution in [3.8, 4) is 11.8 Å². The van der Waals surface area contributed by atoms with Gasteiger partial charge in [-0.2, -0.15) is 5.26 Å². The number of carbonyl (C=O) groups excluding carboxylic acids is 1. The highest BCUT2D eigenvalue weighted by molar-refractivity contribution is 5.82. The summed E-state index contributed by atoms with van der Waals surface area (Å²) in [6, 6.07) is 8.06. The number of rotatable bonds is 6. The Labute approximate surface area is 112 Å². The first-order chi connectivity index (χ1) is 9.12. The van der Waals surface area contributed by atoms with Crippen molar-refractivity contribution in [2.45, 2.75) is 31.9 Å². The van der Waals surface area contributed by atoms with Crippen LogP contribution >= 0.6 is 0 Å². The third kappa shape index (κ3) is 4.27. The van der Waals surface area contributed by atoms with Crippen LogP contribution in [-0.2, 0) is 4.79 Å². The molecule has 2 atom stereocenters. The average molecular weight is 262 g/mol. The molecule has 19 heavy (non-hydrogen) atoms. The summed E-state index contributed by atoms with van der Waals surface area (Å²) in [4.78, 5) is 11.8. The summed E-state index contributed by atoms with van der Waals surface area (Å²) in [5.41, 5.74) is 0.435. The molecule has 102 valence electrons. The SMILES string of the molecule is CCCC(C#N)NC(=O)C(O)c1cccc(OC)c1. The van der Waals surface area contributed by atoms with Crippen molar-refractivity contribution in [2.24, 2.45) is 0 Å². The largest absolute Gasteiger partial charge is 0.497 e. The Kier molecular flexibility index (Phi) is 5.83. The van der Waals surface area contributed by atoms with E-state index in [9.17, 15) is 9.90 Å². The van der Waals surface area contributed by atoms with E-state index in [1.165, 1.54) is 7.11 Å². The van der Waals surface area contributed by atoms with Gasteiger partial charge in [0, 0.05) is 0 Å². The fourth-order valence-electron chi connectivity index (χ4n) is 1.67. The van der Waals surface area contributed by atoms with Crippen LogP contribution in [0.3, 0.4) is 0 Å². The van der Waals surface area contributed by atoms with Crippen molar-refractivity contribution in [1.29, 1.82) is 5.26 Å². The number of aliphatic hydroxyl groups is 1. The van der Waals surface area contributed by atoms with Crippen molar-refractivity contribution in [2.75, 3.05) is 7.11 Å². The molecule has 0 aromatic heterocycles. The zero-order valence-electron chi connectivity index (χ0n) is 11.1. The van der Waals surface area contributed by atoms with Gasteiger partial charge in [-0.05, 0) is 24.1 Å². The van der Waals surface area contributed by atoms with Crippen molar-refractivity contribution in [3.63, 3.8) is 0 Å². The molecule has 0 bridgehead atoms. The number of benzene rings is 1. The Morgan fingerprint density at radius 1 is 1.58 bits per heavy atom.